The Morgan fingerprint density at radius 3 is 2.63 bits per heavy atom. The molecular formula is C23H21N7. The predicted octanol–water partition coefficient (Wildman–Crippen LogP) is 4.16. The van der Waals surface area contributed by atoms with Gasteiger partial charge in [-0.15, -0.1) is 0 Å². The Kier molecular flexibility index (Phi) is 4.91. The molecule has 148 valence electrons. The lowest BCUT2D eigenvalue weighted by Gasteiger charge is -2.07. The fourth-order valence-corrected chi connectivity index (χ4v) is 3.45. The largest absolute Gasteiger partial charge is 0.370 e. The molecule has 1 aromatic carbocycles. The van der Waals surface area contributed by atoms with Gasteiger partial charge in [-0.3, -0.25) is 0 Å². The zero-order chi connectivity index (χ0) is 20.2. The normalized spacial score (nSPS) is 11.1. The Morgan fingerprint density at radius 1 is 0.867 bits per heavy atom. The Morgan fingerprint density at radius 2 is 1.77 bits per heavy atom. The van der Waals surface area contributed by atoms with E-state index >= 15 is 0 Å². The third-order valence-electron chi connectivity index (χ3n) is 4.94. The van der Waals surface area contributed by atoms with E-state index in [0.29, 0.717) is 0 Å². The van der Waals surface area contributed by atoms with Crippen LogP contribution in [0.3, 0.4) is 0 Å². The molecule has 0 aliphatic rings. The summed E-state index contributed by atoms with van der Waals surface area (Å²) in [6, 6.07) is 18.2. The second kappa shape index (κ2) is 8.16. The van der Waals surface area contributed by atoms with Crippen molar-refractivity contribution in [2.75, 3.05) is 11.9 Å². The van der Waals surface area contributed by atoms with E-state index in [4.69, 9.17) is 5.10 Å². The van der Waals surface area contributed by atoms with Crippen molar-refractivity contribution >= 4 is 11.5 Å². The molecule has 4 aromatic heterocycles. The van der Waals surface area contributed by atoms with Gasteiger partial charge in [-0.1, -0.05) is 30.3 Å². The molecule has 0 amide bonds. The number of benzene rings is 1. The first-order chi connectivity index (χ1) is 14.9. The van der Waals surface area contributed by atoms with Gasteiger partial charge in [0, 0.05) is 55.1 Å². The molecule has 0 saturated carbocycles. The number of rotatable bonds is 7. The molecule has 5 aromatic rings. The van der Waals surface area contributed by atoms with E-state index in [1.165, 1.54) is 0 Å². The summed E-state index contributed by atoms with van der Waals surface area (Å²) in [6.07, 6.45) is 10.2. The van der Waals surface area contributed by atoms with E-state index in [-0.39, 0.29) is 0 Å². The standard InChI is InChI=1S/C23H21N7/c1-2-5-18(6-3-1)21-8-11-27-23-16-20(28-30(21)23)19-7-10-26-22(15-19)25-9-4-13-29-14-12-24-17-29/h1-3,5-8,10-12,14-17H,4,9,13H2,(H,25,26). The Balaban J connectivity index is 1.36. The molecule has 0 fully saturated rings. The van der Waals surface area contributed by atoms with Gasteiger partial charge in [0.1, 0.15) is 5.82 Å². The molecule has 1 N–H and O–H groups in total. The second-order valence-electron chi connectivity index (χ2n) is 7.01. The van der Waals surface area contributed by atoms with E-state index in [9.17, 15) is 0 Å². The van der Waals surface area contributed by atoms with Crippen LogP contribution in [0.15, 0.2) is 85.7 Å². The number of anilines is 1. The molecular weight excluding hydrogens is 374 g/mol. The molecule has 0 saturated heterocycles. The van der Waals surface area contributed by atoms with Crippen LogP contribution in [0, 0.1) is 0 Å². The van der Waals surface area contributed by atoms with Gasteiger partial charge in [0.25, 0.3) is 0 Å². The lowest BCUT2D eigenvalue weighted by Crippen LogP contribution is -2.06. The number of fused-ring (bicyclic) bond motifs is 1. The van der Waals surface area contributed by atoms with Crippen molar-refractivity contribution in [2.45, 2.75) is 13.0 Å². The third kappa shape index (κ3) is 3.77. The SMILES string of the molecule is c1ccc(-c2ccnc3cc(-c4ccnc(NCCCn5ccnc5)c4)nn23)cc1. The van der Waals surface area contributed by atoms with Gasteiger partial charge in [-0.25, -0.2) is 19.5 Å². The molecule has 0 spiro atoms. The van der Waals surface area contributed by atoms with Crippen LogP contribution in [0.25, 0.3) is 28.2 Å². The van der Waals surface area contributed by atoms with Gasteiger partial charge in [0.05, 0.1) is 17.7 Å². The van der Waals surface area contributed by atoms with Crippen molar-refractivity contribution in [1.29, 1.82) is 0 Å². The molecule has 0 unspecified atom stereocenters. The van der Waals surface area contributed by atoms with Gasteiger partial charge in [-0.05, 0) is 24.6 Å². The number of hydrogen-bond donors (Lipinski definition) is 1. The molecule has 0 bridgehead atoms. The fourth-order valence-electron chi connectivity index (χ4n) is 3.45. The zero-order valence-electron chi connectivity index (χ0n) is 16.4. The quantitative estimate of drug-likeness (QED) is 0.419. The van der Waals surface area contributed by atoms with Gasteiger partial charge in [0.15, 0.2) is 5.65 Å². The summed E-state index contributed by atoms with van der Waals surface area (Å²) < 4.78 is 3.96. The minimum Gasteiger partial charge on any atom is -0.370 e. The lowest BCUT2D eigenvalue weighted by atomic mass is 10.1. The average molecular weight is 395 g/mol. The van der Waals surface area contributed by atoms with E-state index in [2.05, 4.69) is 37.0 Å². The first-order valence-corrected chi connectivity index (χ1v) is 9.93. The molecule has 7 nitrogen and oxygen atoms in total. The first-order valence-electron chi connectivity index (χ1n) is 9.93. The summed E-state index contributed by atoms with van der Waals surface area (Å²) in [4.78, 5) is 13.0. The maximum atomic E-state index is 4.82. The Labute approximate surface area is 174 Å². The summed E-state index contributed by atoms with van der Waals surface area (Å²) in [5.74, 6) is 0.839. The highest BCUT2D eigenvalue weighted by atomic mass is 15.3. The minimum atomic E-state index is 0.818. The van der Waals surface area contributed by atoms with Crippen LogP contribution in [-0.4, -0.2) is 35.7 Å². The van der Waals surface area contributed by atoms with Crippen molar-refractivity contribution in [3.63, 3.8) is 0 Å². The van der Waals surface area contributed by atoms with Crippen LogP contribution in [-0.2, 0) is 6.54 Å². The molecule has 30 heavy (non-hydrogen) atoms. The molecule has 0 radical (unpaired) electrons. The van der Waals surface area contributed by atoms with Gasteiger partial charge < -0.3 is 9.88 Å². The number of pyridine rings is 1. The van der Waals surface area contributed by atoms with Crippen LogP contribution in [0.5, 0.6) is 0 Å². The second-order valence-corrected chi connectivity index (χ2v) is 7.01. The van der Waals surface area contributed by atoms with Gasteiger partial charge in [-0.2, -0.15) is 5.10 Å². The molecule has 7 heteroatoms. The number of hydrogen-bond acceptors (Lipinski definition) is 5. The highest BCUT2D eigenvalue weighted by Gasteiger charge is 2.10. The maximum absolute atomic E-state index is 4.82. The summed E-state index contributed by atoms with van der Waals surface area (Å²) >= 11 is 0. The van der Waals surface area contributed by atoms with E-state index in [0.717, 1.165) is 53.5 Å². The first kappa shape index (κ1) is 18.1. The topological polar surface area (TPSA) is 72.9 Å². The Hall–Kier alpha value is -4.00. The van der Waals surface area contributed by atoms with E-state index < -0.39 is 0 Å². The monoisotopic (exact) mass is 395 g/mol. The number of nitrogens with zero attached hydrogens (tertiary/aromatic N) is 6. The number of imidazole rings is 1. The zero-order valence-corrected chi connectivity index (χ0v) is 16.4. The van der Waals surface area contributed by atoms with Crippen molar-refractivity contribution in [3.8, 4) is 22.5 Å². The lowest BCUT2D eigenvalue weighted by molar-refractivity contribution is 0.660. The minimum absolute atomic E-state index is 0.818. The van der Waals surface area contributed by atoms with Crippen LogP contribution in [0.2, 0.25) is 0 Å². The summed E-state index contributed by atoms with van der Waals surface area (Å²) in [7, 11) is 0. The summed E-state index contributed by atoms with van der Waals surface area (Å²) in [6.45, 7) is 1.76. The molecule has 4 heterocycles. The Bertz CT molecular complexity index is 1240. The summed E-state index contributed by atoms with van der Waals surface area (Å²) in [5, 5.41) is 8.21. The van der Waals surface area contributed by atoms with Crippen LogP contribution in [0.4, 0.5) is 5.82 Å². The van der Waals surface area contributed by atoms with Crippen molar-refractivity contribution < 1.29 is 0 Å². The summed E-state index contributed by atoms with van der Waals surface area (Å²) in [5.41, 5.74) is 4.81. The van der Waals surface area contributed by atoms with Crippen LogP contribution in [0.1, 0.15) is 6.42 Å². The fraction of sp³-hybridized carbons (Fsp3) is 0.130. The van der Waals surface area contributed by atoms with E-state index in [1.807, 2.05) is 71.9 Å². The van der Waals surface area contributed by atoms with Crippen LogP contribution >= 0.6 is 0 Å². The van der Waals surface area contributed by atoms with E-state index in [1.54, 1.807) is 6.20 Å². The highest BCUT2D eigenvalue weighted by molar-refractivity contribution is 5.69. The average Bonchev–Trinajstić information content (AvgIpc) is 3.47. The highest BCUT2D eigenvalue weighted by Crippen LogP contribution is 2.24. The molecule has 0 atom stereocenters. The van der Waals surface area contributed by atoms with Crippen molar-refractivity contribution in [2.24, 2.45) is 0 Å². The maximum Gasteiger partial charge on any atom is 0.156 e. The number of nitrogens with one attached hydrogen (secondary N) is 1. The van der Waals surface area contributed by atoms with Gasteiger partial charge >= 0.3 is 0 Å². The number of aromatic nitrogens is 6. The number of aryl methyl sites for hydroxylation is 1. The van der Waals surface area contributed by atoms with Crippen LogP contribution < -0.4 is 5.32 Å². The smallest absolute Gasteiger partial charge is 0.156 e. The molecule has 5 rings (SSSR count). The predicted molar refractivity (Wildman–Crippen MR) is 117 cm³/mol. The van der Waals surface area contributed by atoms with Crippen molar-refractivity contribution in [1.82, 2.24) is 29.1 Å². The van der Waals surface area contributed by atoms with Crippen molar-refractivity contribution in [3.05, 3.63) is 85.7 Å². The third-order valence-corrected chi connectivity index (χ3v) is 4.94. The van der Waals surface area contributed by atoms with Gasteiger partial charge in [0.2, 0.25) is 0 Å². The molecule has 0 aliphatic heterocycles. The molecule has 0 aliphatic carbocycles.